The number of nitrogens with zero attached hydrogens (tertiary/aromatic N) is 3. The Hall–Kier alpha value is -2.94. The first-order valence-corrected chi connectivity index (χ1v) is 8.85. The second-order valence-electron chi connectivity index (χ2n) is 5.83. The summed E-state index contributed by atoms with van der Waals surface area (Å²) in [4.78, 5) is 24.2. The summed E-state index contributed by atoms with van der Waals surface area (Å²) in [5.41, 5.74) is 4.77. The highest BCUT2D eigenvalue weighted by Gasteiger charge is 2.16. The number of benzene rings is 1. The summed E-state index contributed by atoms with van der Waals surface area (Å²) in [5, 5.41) is 7.08. The van der Waals surface area contributed by atoms with Gasteiger partial charge >= 0.3 is 5.97 Å². The van der Waals surface area contributed by atoms with Crippen LogP contribution < -0.4 is 16.3 Å². The van der Waals surface area contributed by atoms with E-state index in [1.54, 1.807) is 30.3 Å². The van der Waals surface area contributed by atoms with Crippen LogP contribution in [0.15, 0.2) is 40.2 Å². The largest absolute Gasteiger partial charge is 0.466 e. The van der Waals surface area contributed by atoms with Crippen LogP contribution in [0.4, 0.5) is 5.69 Å². The van der Waals surface area contributed by atoms with Crippen molar-refractivity contribution >= 4 is 34.7 Å². The van der Waals surface area contributed by atoms with Crippen LogP contribution in [-0.2, 0) is 16.6 Å². The second kappa shape index (κ2) is 9.13. The topological polar surface area (TPSA) is 89.7 Å². The Kier molecular flexibility index (Phi) is 6.89. The number of carbonyl (C=O) groups excluding carboxylic acids is 1. The minimum atomic E-state index is -0.357. The minimum Gasteiger partial charge on any atom is -0.466 e. The molecule has 0 saturated carbocycles. The average molecular weight is 389 g/mol. The number of aromatic nitrogens is 2. The van der Waals surface area contributed by atoms with E-state index in [2.05, 4.69) is 15.8 Å². The highest BCUT2D eigenvalue weighted by molar-refractivity contribution is 7.80. The maximum Gasteiger partial charge on any atom is 0.311 e. The number of carbonyl (C=O) groups is 1. The molecule has 0 saturated heterocycles. The number of thiocarbonyl (C=S) groups is 1. The van der Waals surface area contributed by atoms with Crippen LogP contribution in [0.25, 0.3) is 5.69 Å². The average Bonchev–Trinajstić information content (AvgIpc) is 2.84. The molecule has 0 unspecified atom stereocenters. The van der Waals surface area contributed by atoms with Crippen molar-refractivity contribution in [2.24, 2.45) is 12.1 Å². The van der Waals surface area contributed by atoms with Gasteiger partial charge in [-0.3, -0.25) is 19.7 Å². The lowest BCUT2D eigenvalue weighted by molar-refractivity contribution is -0.141. The molecule has 0 spiro atoms. The Morgan fingerprint density at radius 2 is 1.96 bits per heavy atom. The molecular formula is C18H23N5O3S. The number of hydrogen-bond donors (Lipinski definition) is 2. The van der Waals surface area contributed by atoms with Crippen molar-refractivity contribution in [1.82, 2.24) is 14.8 Å². The van der Waals surface area contributed by atoms with E-state index in [4.69, 9.17) is 17.0 Å². The molecule has 0 amide bonds. The number of nitrogens with one attached hydrogen (secondary N) is 2. The maximum absolute atomic E-state index is 12.8. The molecule has 0 atom stereocenters. The maximum atomic E-state index is 12.8. The molecule has 0 aliphatic rings. The van der Waals surface area contributed by atoms with Gasteiger partial charge in [0, 0.05) is 12.8 Å². The molecule has 0 radical (unpaired) electrons. The van der Waals surface area contributed by atoms with Gasteiger partial charge in [0.1, 0.15) is 5.69 Å². The fourth-order valence-corrected chi connectivity index (χ4v) is 2.61. The summed E-state index contributed by atoms with van der Waals surface area (Å²) < 4.78 is 8.16. The highest BCUT2D eigenvalue weighted by Crippen LogP contribution is 2.13. The van der Waals surface area contributed by atoms with E-state index < -0.39 is 0 Å². The molecule has 1 heterocycles. The van der Waals surface area contributed by atoms with Gasteiger partial charge < -0.3 is 10.1 Å². The number of anilines is 1. The van der Waals surface area contributed by atoms with E-state index >= 15 is 0 Å². The van der Waals surface area contributed by atoms with Crippen LogP contribution >= 0.6 is 12.2 Å². The number of hydrogen-bond acceptors (Lipinski definition) is 5. The van der Waals surface area contributed by atoms with Crippen LogP contribution in [-0.4, -0.2) is 32.8 Å². The summed E-state index contributed by atoms with van der Waals surface area (Å²) in [6, 6.07) is 9.32. The molecule has 9 heteroatoms. The van der Waals surface area contributed by atoms with Gasteiger partial charge in [0.2, 0.25) is 0 Å². The van der Waals surface area contributed by atoms with E-state index in [1.807, 2.05) is 37.3 Å². The van der Waals surface area contributed by atoms with E-state index in [0.717, 1.165) is 11.4 Å². The molecule has 0 bridgehead atoms. The fraction of sp³-hybridized carbons (Fsp3) is 0.333. The SMILES string of the molecule is CCOC(=O)C/C(C)=N\NC(=S)Nc1c(C)n(C)n(-c2ccccc2)c1=O. The third-order valence-electron chi connectivity index (χ3n) is 3.85. The number of rotatable bonds is 6. The third kappa shape index (κ3) is 5.04. The van der Waals surface area contributed by atoms with Gasteiger partial charge in [0.05, 0.1) is 24.4 Å². The van der Waals surface area contributed by atoms with Crippen LogP contribution in [0.2, 0.25) is 0 Å². The van der Waals surface area contributed by atoms with E-state index in [0.29, 0.717) is 18.0 Å². The minimum absolute atomic E-state index is 0.0641. The van der Waals surface area contributed by atoms with Gasteiger partial charge in [0.15, 0.2) is 5.11 Å². The fourth-order valence-electron chi connectivity index (χ4n) is 2.46. The summed E-state index contributed by atoms with van der Waals surface area (Å²) in [7, 11) is 1.80. The first kappa shape index (κ1) is 20.4. The van der Waals surface area contributed by atoms with Gasteiger partial charge in [-0.25, -0.2) is 4.68 Å². The first-order valence-electron chi connectivity index (χ1n) is 8.45. The number of esters is 1. The van der Waals surface area contributed by atoms with Gasteiger partial charge in [-0.1, -0.05) is 18.2 Å². The second-order valence-corrected chi connectivity index (χ2v) is 6.24. The van der Waals surface area contributed by atoms with Gasteiger partial charge in [-0.2, -0.15) is 5.10 Å². The molecule has 0 aliphatic heterocycles. The number of ether oxygens (including phenoxy) is 1. The van der Waals surface area contributed by atoms with Crippen molar-refractivity contribution in [3.63, 3.8) is 0 Å². The first-order chi connectivity index (χ1) is 12.8. The Morgan fingerprint density at radius 1 is 1.30 bits per heavy atom. The molecular weight excluding hydrogens is 366 g/mol. The molecule has 2 aromatic rings. The molecule has 2 rings (SSSR count). The summed E-state index contributed by atoms with van der Waals surface area (Å²) in [5.74, 6) is -0.357. The predicted octanol–water partition coefficient (Wildman–Crippen LogP) is 2.10. The third-order valence-corrected chi connectivity index (χ3v) is 4.04. The van der Waals surface area contributed by atoms with E-state index in [-0.39, 0.29) is 23.1 Å². The van der Waals surface area contributed by atoms with Crippen molar-refractivity contribution in [2.75, 3.05) is 11.9 Å². The standard InChI is InChI=1S/C18H23N5O3S/c1-5-26-15(24)11-12(2)20-21-18(27)19-16-13(3)22(4)23(17(16)25)14-9-7-6-8-10-14/h6-10H,5,11H2,1-4H3,(H2,19,21,27)/b20-12-. The molecule has 144 valence electrons. The zero-order chi connectivity index (χ0) is 20.0. The number of para-hydroxylation sites is 1. The molecule has 0 aliphatic carbocycles. The monoisotopic (exact) mass is 389 g/mol. The van der Waals surface area contributed by atoms with Crippen molar-refractivity contribution in [3.8, 4) is 5.69 Å². The summed E-state index contributed by atoms with van der Waals surface area (Å²) in [6.45, 7) is 5.57. The lowest BCUT2D eigenvalue weighted by atomic mass is 10.3. The Bertz CT molecular complexity index is 915. The highest BCUT2D eigenvalue weighted by atomic mass is 32.1. The Morgan fingerprint density at radius 3 is 2.59 bits per heavy atom. The lowest BCUT2D eigenvalue weighted by Gasteiger charge is -2.07. The Balaban J connectivity index is 2.13. The van der Waals surface area contributed by atoms with Crippen LogP contribution in [0, 0.1) is 6.92 Å². The van der Waals surface area contributed by atoms with Crippen molar-refractivity contribution in [3.05, 3.63) is 46.4 Å². The smallest absolute Gasteiger partial charge is 0.311 e. The summed E-state index contributed by atoms with van der Waals surface area (Å²) >= 11 is 5.20. The zero-order valence-corrected chi connectivity index (χ0v) is 16.6. The van der Waals surface area contributed by atoms with Crippen molar-refractivity contribution < 1.29 is 9.53 Å². The molecule has 8 nitrogen and oxygen atoms in total. The van der Waals surface area contributed by atoms with Gasteiger partial charge in [0.25, 0.3) is 5.56 Å². The lowest BCUT2D eigenvalue weighted by Crippen LogP contribution is -2.28. The van der Waals surface area contributed by atoms with Gasteiger partial charge in [-0.05, 0) is 45.1 Å². The normalized spacial score (nSPS) is 11.2. The van der Waals surface area contributed by atoms with Crippen molar-refractivity contribution in [2.45, 2.75) is 27.2 Å². The quantitative estimate of drug-likeness (QED) is 0.340. The molecule has 27 heavy (non-hydrogen) atoms. The molecule has 1 aromatic heterocycles. The van der Waals surface area contributed by atoms with Crippen molar-refractivity contribution in [1.29, 1.82) is 0 Å². The molecule has 2 N–H and O–H groups in total. The van der Waals surface area contributed by atoms with E-state index in [9.17, 15) is 9.59 Å². The Labute approximate surface area is 162 Å². The molecule has 0 fully saturated rings. The predicted molar refractivity (Wildman–Crippen MR) is 109 cm³/mol. The van der Waals surface area contributed by atoms with Crippen LogP contribution in [0.1, 0.15) is 26.0 Å². The summed E-state index contributed by atoms with van der Waals surface area (Å²) in [6.07, 6.45) is 0.0641. The van der Waals surface area contributed by atoms with Gasteiger partial charge in [-0.15, -0.1) is 0 Å². The van der Waals surface area contributed by atoms with E-state index in [1.165, 1.54) is 0 Å². The number of hydrazone groups is 1. The zero-order valence-electron chi connectivity index (χ0n) is 15.8. The van der Waals surface area contributed by atoms with Crippen LogP contribution in [0.5, 0.6) is 0 Å². The molecule has 1 aromatic carbocycles. The van der Waals surface area contributed by atoms with Crippen LogP contribution in [0.3, 0.4) is 0 Å².